The normalized spacial score (nSPS) is 12.2. The van der Waals surface area contributed by atoms with Gasteiger partial charge in [-0.15, -0.1) is 0 Å². The van der Waals surface area contributed by atoms with E-state index in [0.29, 0.717) is 10.6 Å². The number of nitrogens with zero attached hydrogens (tertiary/aromatic N) is 2. The van der Waals surface area contributed by atoms with Gasteiger partial charge in [-0.2, -0.15) is 4.31 Å². The van der Waals surface area contributed by atoms with E-state index in [-0.39, 0.29) is 40.6 Å². The van der Waals surface area contributed by atoms with Gasteiger partial charge in [-0.05, 0) is 42.3 Å². The molecule has 3 rings (SSSR count). The molecule has 0 fully saturated rings. The molecule has 12 heteroatoms. The summed E-state index contributed by atoms with van der Waals surface area (Å²) >= 11 is 5.92. The molecule has 0 saturated carbocycles. The number of nitrogens with two attached hydrogens (primary N) is 1. The molecule has 190 valence electrons. The van der Waals surface area contributed by atoms with Gasteiger partial charge < -0.3 is 15.2 Å². The van der Waals surface area contributed by atoms with E-state index in [4.69, 9.17) is 26.8 Å². The second-order valence-corrected chi connectivity index (χ2v) is 9.96. The third kappa shape index (κ3) is 5.76. The Balaban J connectivity index is 2.12. The molecule has 0 bridgehead atoms. The molecule has 0 saturated heterocycles. The molecule has 0 spiro atoms. The summed E-state index contributed by atoms with van der Waals surface area (Å²) < 4.78 is 38.8. The van der Waals surface area contributed by atoms with Crippen molar-refractivity contribution in [2.75, 3.05) is 20.8 Å². The molecule has 36 heavy (non-hydrogen) atoms. The third-order valence-corrected chi connectivity index (χ3v) is 7.61. The molecule has 0 aliphatic heterocycles. The van der Waals surface area contributed by atoms with Gasteiger partial charge in [-0.3, -0.25) is 14.9 Å². The van der Waals surface area contributed by atoms with Crippen molar-refractivity contribution >= 4 is 33.2 Å². The number of nitro groups is 1. The molecule has 1 atom stereocenters. The van der Waals surface area contributed by atoms with Crippen molar-refractivity contribution in [2.45, 2.75) is 17.4 Å². The molecule has 1 amide bonds. The fraction of sp³-hybridized carbons (Fsp3) is 0.208. The van der Waals surface area contributed by atoms with Crippen molar-refractivity contribution in [1.29, 1.82) is 0 Å². The summed E-state index contributed by atoms with van der Waals surface area (Å²) in [6.45, 7) is -0.302. The Morgan fingerprint density at radius 2 is 1.64 bits per heavy atom. The molecule has 0 aliphatic rings. The number of carbonyl (C=O) groups is 1. The SMILES string of the molecule is COc1cc(CCN([C@@H](C(N)=O)c2ccccc2)S(=O)(=O)c2ccc(Cl)cc2)c([N+](=O)[O-])cc1OC. The van der Waals surface area contributed by atoms with E-state index in [9.17, 15) is 23.3 Å². The van der Waals surface area contributed by atoms with Crippen LogP contribution in [0, 0.1) is 10.1 Å². The van der Waals surface area contributed by atoms with Crippen LogP contribution in [0.4, 0.5) is 5.69 Å². The second kappa shape index (κ2) is 11.4. The molecule has 2 N–H and O–H groups in total. The number of hydrogen-bond donors (Lipinski definition) is 1. The predicted octanol–water partition coefficient (Wildman–Crippen LogP) is 3.73. The van der Waals surface area contributed by atoms with Crippen LogP contribution in [0.5, 0.6) is 11.5 Å². The van der Waals surface area contributed by atoms with Crippen molar-refractivity contribution in [1.82, 2.24) is 4.31 Å². The zero-order chi connectivity index (χ0) is 26.5. The van der Waals surface area contributed by atoms with Crippen molar-refractivity contribution in [2.24, 2.45) is 5.73 Å². The van der Waals surface area contributed by atoms with Crippen LogP contribution >= 0.6 is 11.6 Å². The number of methoxy groups -OCH3 is 2. The summed E-state index contributed by atoms with van der Waals surface area (Å²) in [4.78, 5) is 23.6. The molecule has 10 nitrogen and oxygen atoms in total. The fourth-order valence-electron chi connectivity index (χ4n) is 3.75. The average Bonchev–Trinajstić information content (AvgIpc) is 2.86. The molecular formula is C24H24ClN3O7S. The maximum absolute atomic E-state index is 13.7. The summed E-state index contributed by atoms with van der Waals surface area (Å²) in [5.74, 6) is -0.516. The van der Waals surface area contributed by atoms with Gasteiger partial charge in [0.15, 0.2) is 11.5 Å². The Morgan fingerprint density at radius 1 is 1.06 bits per heavy atom. The maximum atomic E-state index is 13.7. The monoisotopic (exact) mass is 533 g/mol. The molecule has 0 aromatic heterocycles. The van der Waals surface area contributed by atoms with Crippen LogP contribution in [-0.2, 0) is 21.2 Å². The lowest BCUT2D eigenvalue weighted by Gasteiger charge is -2.29. The van der Waals surface area contributed by atoms with Crippen LogP contribution in [0.2, 0.25) is 5.02 Å². The molecule has 0 aliphatic carbocycles. The Kier molecular flexibility index (Phi) is 8.51. The van der Waals surface area contributed by atoms with Crippen LogP contribution in [0.15, 0.2) is 71.6 Å². The Labute approximate surface area is 213 Å². The van der Waals surface area contributed by atoms with E-state index >= 15 is 0 Å². The summed E-state index contributed by atoms with van der Waals surface area (Å²) in [5, 5.41) is 12.1. The van der Waals surface area contributed by atoms with E-state index < -0.39 is 26.9 Å². The quantitative estimate of drug-likeness (QED) is 0.292. The maximum Gasteiger partial charge on any atom is 0.276 e. The highest BCUT2D eigenvalue weighted by Crippen LogP contribution is 2.36. The lowest BCUT2D eigenvalue weighted by molar-refractivity contribution is -0.385. The van der Waals surface area contributed by atoms with Crippen molar-refractivity contribution in [3.8, 4) is 11.5 Å². The first-order chi connectivity index (χ1) is 17.1. The highest BCUT2D eigenvalue weighted by atomic mass is 35.5. The highest BCUT2D eigenvalue weighted by molar-refractivity contribution is 7.89. The van der Waals surface area contributed by atoms with Gasteiger partial charge in [0, 0.05) is 17.1 Å². The first kappa shape index (κ1) is 26.9. The fourth-order valence-corrected chi connectivity index (χ4v) is 5.46. The number of rotatable bonds is 11. The molecule has 3 aromatic rings. The van der Waals surface area contributed by atoms with Crippen LogP contribution in [0.1, 0.15) is 17.2 Å². The van der Waals surface area contributed by atoms with Crippen molar-refractivity contribution in [3.63, 3.8) is 0 Å². The van der Waals surface area contributed by atoms with Crippen LogP contribution in [0.25, 0.3) is 0 Å². The largest absolute Gasteiger partial charge is 0.493 e. The molecule has 3 aromatic carbocycles. The smallest absolute Gasteiger partial charge is 0.276 e. The number of hydrogen-bond acceptors (Lipinski definition) is 7. The van der Waals surface area contributed by atoms with Gasteiger partial charge in [0.25, 0.3) is 5.69 Å². The first-order valence-electron chi connectivity index (χ1n) is 10.6. The lowest BCUT2D eigenvalue weighted by Crippen LogP contribution is -2.42. The molecule has 0 unspecified atom stereocenters. The number of halogens is 1. The standard InChI is InChI=1S/C24H24ClN3O7S/c1-34-21-14-17(20(28(30)31)15-22(21)35-2)12-13-27(23(24(26)29)16-6-4-3-5-7-16)36(32,33)19-10-8-18(25)9-11-19/h3-11,14-15,23H,12-13H2,1-2H3,(H2,26,29)/t23-/m1/s1. The highest BCUT2D eigenvalue weighted by Gasteiger charge is 2.36. The second-order valence-electron chi connectivity index (χ2n) is 7.63. The minimum atomic E-state index is -4.29. The Hall–Kier alpha value is -3.67. The number of amides is 1. The van der Waals surface area contributed by atoms with E-state index in [1.807, 2.05) is 0 Å². The molecule has 0 radical (unpaired) electrons. The number of primary amides is 1. The lowest BCUT2D eigenvalue weighted by atomic mass is 10.0. The van der Waals surface area contributed by atoms with Crippen molar-refractivity contribution in [3.05, 3.63) is 93.0 Å². The molecular weight excluding hydrogens is 510 g/mol. The van der Waals surface area contributed by atoms with Crippen LogP contribution in [-0.4, -0.2) is 44.3 Å². The van der Waals surface area contributed by atoms with E-state index in [1.165, 1.54) is 50.6 Å². The number of carbonyl (C=O) groups excluding carboxylic acids is 1. The predicted molar refractivity (Wildman–Crippen MR) is 134 cm³/mol. The summed E-state index contributed by atoms with van der Waals surface area (Å²) in [6, 6.07) is 14.9. The minimum absolute atomic E-state index is 0.115. The first-order valence-corrected chi connectivity index (χ1v) is 12.4. The Bertz CT molecular complexity index is 1350. The van der Waals surface area contributed by atoms with E-state index in [1.54, 1.807) is 30.3 Å². The van der Waals surface area contributed by atoms with Gasteiger partial charge in [0.1, 0.15) is 6.04 Å². The zero-order valence-corrected chi connectivity index (χ0v) is 21.0. The van der Waals surface area contributed by atoms with Gasteiger partial charge in [0.2, 0.25) is 15.9 Å². The number of benzene rings is 3. The van der Waals surface area contributed by atoms with Gasteiger partial charge in [-0.1, -0.05) is 41.9 Å². The van der Waals surface area contributed by atoms with Gasteiger partial charge in [-0.25, -0.2) is 8.42 Å². The summed E-state index contributed by atoms with van der Waals surface area (Å²) in [7, 11) is -1.57. The van der Waals surface area contributed by atoms with Crippen LogP contribution < -0.4 is 15.2 Å². The van der Waals surface area contributed by atoms with Gasteiger partial charge in [0.05, 0.1) is 30.1 Å². The Morgan fingerprint density at radius 3 is 2.17 bits per heavy atom. The number of ether oxygens (including phenoxy) is 2. The summed E-state index contributed by atoms with van der Waals surface area (Å²) in [6.07, 6.45) is -0.125. The summed E-state index contributed by atoms with van der Waals surface area (Å²) in [5.41, 5.74) is 5.94. The number of sulfonamides is 1. The average molecular weight is 534 g/mol. The zero-order valence-electron chi connectivity index (χ0n) is 19.5. The topological polar surface area (TPSA) is 142 Å². The molecule has 0 heterocycles. The minimum Gasteiger partial charge on any atom is -0.493 e. The van der Waals surface area contributed by atoms with Crippen molar-refractivity contribution < 1.29 is 27.6 Å². The van der Waals surface area contributed by atoms with E-state index in [2.05, 4.69) is 0 Å². The third-order valence-electron chi connectivity index (χ3n) is 5.48. The van der Waals surface area contributed by atoms with E-state index in [0.717, 1.165) is 4.31 Å². The van der Waals surface area contributed by atoms with Gasteiger partial charge >= 0.3 is 0 Å². The number of nitro benzene ring substituents is 1. The van der Waals surface area contributed by atoms with Crippen LogP contribution in [0.3, 0.4) is 0 Å².